The summed E-state index contributed by atoms with van der Waals surface area (Å²) in [5.74, 6) is 1.25. The van der Waals surface area contributed by atoms with Crippen molar-refractivity contribution in [3.63, 3.8) is 0 Å². The van der Waals surface area contributed by atoms with Crippen LogP contribution in [0, 0.1) is 19.8 Å². The predicted molar refractivity (Wildman–Crippen MR) is 136 cm³/mol. The maximum atomic E-state index is 12.4. The molecule has 1 saturated heterocycles. The van der Waals surface area contributed by atoms with Crippen molar-refractivity contribution in [3.8, 4) is 11.3 Å². The fourth-order valence-electron chi connectivity index (χ4n) is 5.17. The minimum absolute atomic E-state index is 0.0529. The zero-order valence-corrected chi connectivity index (χ0v) is 21.2. The molecule has 178 valence electrons. The van der Waals surface area contributed by atoms with E-state index in [2.05, 4.69) is 41.9 Å². The molecule has 0 unspecified atom stereocenters. The summed E-state index contributed by atoms with van der Waals surface area (Å²) < 4.78 is 23.1. The summed E-state index contributed by atoms with van der Waals surface area (Å²) in [6, 6.07) is 6.74. The molecule has 6 nitrogen and oxygen atoms in total. The molecule has 0 radical (unpaired) electrons. The highest BCUT2D eigenvalue weighted by molar-refractivity contribution is 7.72. The van der Waals surface area contributed by atoms with Crippen molar-refractivity contribution in [1.82, 2.24) is 14.5 Å². The van der Waals surface area contributed by atoms with E-state index in [0.717, 1.165) is 60.4 Å². The molecule has 7 heteroatoms. The third-order valence-electron chi connectivity index (χ3n) is 7.05. The number of aromatic amines is 1. The lowest BCUT2D eigenvalue weighted by Crippen LogP contribution is -2.47. The lowest BCUT2D eigenvalue weighted by atomic mass is 9.90. The molecule has 0 bridgehead atoms. The Labute approximate surface area is 197 Å². The molecule has 0 saturated carbocycles. The van der Waals surface area contributed by atoms with Crippen LogP contribution in [0.5, 0.6) is 0 Å². The van der Waals surface area contributed by atoms with Gasteiger partial charge in [-0.05, 0) is 73.9 Å². The number of H-pyrrole nitrogens is 1. The highest BCUT2D eigenvalue weighted by Crippen LogP contribution is 2.37. The lowest BCUT2D eigenvalue weighted by Gasteiger charge is -2.39. The number of aromatic nitrogens is 2. The zero-order chi connectivity index (χ0) is 23.9. The summed E-state index contributed by atoms with van der Waals surface area (Å²) in [6.07, 6.45) is 3.72. The average molecular weight is 470 g/mol. The van der Waals surface area contributed by atoms with E-state index >= 15 is 0 Å². The summed E-state index contributed by atoms with van der Waals surface area (Å²) in [4.78, 5) is 18.4. The van der Waals surface area contributed by atoms with Crippen molar-refractivity contribution in [2.45, 2.75) is 46.5 Å². The molecule has 33 heavy (non-hydrogen) atoms. The first-order valence-corrected chi connectivity index (χ1v) is 13.2. The second kappa shape index (κ2) is 9.47. The molecule has 1 fully saturated rings. The Balaban J connectivity index is 1.59. The van der Waals surface area contributed by atoms with Gasteiger partial charge in [-0.25, -0.2) is 8.42 Å². The van der Waals surface area contributed by atoms with Crippen LogP contribution < -0.4 is 5.56 Å². The Morgan fingerprint density at radius 2 is 1.88 bits per heavy atom. The van der Waals surface area contributed by atoms with Crippen LogP contribution in [-0.4, -0.2) is 48.3 Å². The first-order chi connectivity index (χ1) is 15.7. The molecule has 0 atom stereocenters. The van der Waals surface area contributed by atoms with Crippen LogP contribution in [0.3, 0.4) is 0 Å². The van der Waals surface area contributed by atoms with E-state index in [-0.39, 0.29) is 11.3 Å². The van der Waals surface area contributed by atoms with Gasteiger partial charge in [0, 0.05) is 54.1 Å². The summed E-state index contributed by atoms with van der Waals surface area (Å²) in [7, 11) is -0.441. The Hall–Kier alpha value is -2.38. The van der Waals surface area contributed by atoms with Crippen LogP contribution in [0.2, 0.25) is 0 Å². The van der Waals surface area contributed by atoms with Crippen LogP contribution >= 0.6 is 0 Å². The van der Waals surface area contributed by atoms with E-state index in [4.69, 9.17) is 0 Å². The first kappa shape index (κ1) is 23.8. The van der Waals surface area contributed by atoms with E-state index in [1.165, 1.54) is 16.5 Å². The second-order valence-electron chi connectivity index (χ2n) is 9.90. The van der Waals surface area contributed by atoms with Gasteiger partial charge in [0.1, 0.15) is 10.7 Å². The number of fused-ring (bicyclic) bond motifs is 1. The van der Waals surface area contributed by atoms with E-state index in [9.17, 15) is 13.2 Å². The van der Waals surface area contributed by atoms with Crippen molar-refractivity contribution in [2.24, 2.45) is 13.0 Å². The quantitative estimate of drug-likeness (QED) is 0.493. The smallest absolute Gasteiger partial charge is 0.253 e. The van der Waals surface area contributed by atoms with E-state index < -0.39 is 10.7 Å². The van der Waals surface area contributed by atoms with Crippen LogP contribution in [0.1, 0.15) is 48.4 Å². The molecule has 0 aliphatic carbocycles. The zero-order valence-electron chi connectivity index (χ0n) is 20.3. The van der Waals surface area contributed by atoms with Crippen LogP contribution in [0.4, 0.5) is 0 Å². The van der Waals surface area contributed by atoms with Gasteiger partial charge in [-0.1, -0.05) is 19.9 Å². The molecule has 1 aliphatic rings. The molecule has 0 amide bonds. The standard InChI is InChI=1S/C26H35N3O3S/c1-16(2)24-21-12-19(11-20-13-29(14-20)9-6-10-33(31)32)7-8-23(21)27-25(24)22-15-28(5)26(30)18(4)17(22)3/h7-8,12,15-16,20,27,33H,6,9-11,13-14H2,1-5H3. The molecule has 1 N–H and O–H groups in total. The van der Waals surface area contributed by atoms with Gasteiger partial charge in [-0.3, -0.25) is 4.79 Å². The third-order valence-corrected chi connectivity index (χ3v) is 7.73. The number of benzene rings is 1. The number of thiol groups is 1. The van der Waals surface area contributed by atoms with Gasteiger partial charge in [-0.15, -0.1) is 0 Å². The summed E-state index contributed by atoms with van der Waals surface area (Å²) in [5.41, 5.74) is 7.85. The molecule has 4 rings (SSSR count). The minimum Gasteiger partial charge on any atom is -0.354 e. The van der Waals surface area contributed by atoms with Gasteiger partial charge in [0.25, 0.3) is 5.56 Å². The molecule has 0 spiro atoms. The monoisotopic (exact) mass is 469 g/mol. The SMILES string of the molecule is Cc1c(-c2[nH]c3ccc(CC4CN(CCC[SH](=O)=O)C4)cc3c2C(C)C)cn(C)c(=O)c1C. The Morgan fingerprint density at radius 1 is 1.15 bits per heavy atom. The van der Waals surface area contributed by atoms with Crippen molar-refractivity contribution >= 4 is 21.6 Å². The fraction of sp³-hybridized carbons (Fsp3) is 0.500. The number of hydrogen-bond acceptors (Lipinski definition) is 4. The first-order valence-electron chi connectivity index (χ1n) is 11.8. The molecule has 1 aromatic carbocycles. The number of nitrogens with zero attached hydrogens (tertiary/aromatic N) is 2. The minimum atomic E-state index is -2.26. The third kappa shape index (κ3) is 4.80. The second-order valence-corrected chi connectivity index (χ2v) is 11.0. The molecular formula is C26H35N3O3S. The number of hydrogen-bond donors (Lipinski definition) is 2. The van der Waals surface area contributed by atoms with Gasteiger partial charge < -0.3 is 14.5 Å². The summed E-state index contributed by atoms with van der Waals surface area (Å²) in [5, 5.41) is 1.26. The molecule has 1 aliphatic heterocycles. The largest absolute Gasteiger partial charge is 0.354 e. The molecule has 2 aromatic heterocycles. The molecule has 3 heterocycles. The van der Waals surface area contributed by atoms with Gasteiger partial charge in [0.05, 0.1) is 5.69 Å². The maximum absolute atomic E-state index is 12.4. The molecule has 3 aromatic rings. The van der Waals surface area contributed by atoms with Gasteiger partial charge >= 0.3 is 0 Å². The Kier molecular flexibility index (Phi) is 6.82. The average Bonchev–Trinajstić information content (AvgIpc) is 3.11. The number of aryl methyl sites for hydroxylation is 1. The number of nitrogens with one attached hydrogen (secondary N) is 1. The van der Waals surface area contributed by atoms with E-state index in [0.29, 0.717) is 11.8 Å². The number of pyridine rings is 1. The number of rotatable bonds is 8. The Bertz CT molecular complexity index is 1300. The van der Waals surface area contributed by atoms with Crippen LogP contribution in [-0.2, 0) is 24.2 Å². The lowest BCUT2D eigenvalue weighted by molar-refractivity contribution is 0.101. The number of likely N-dealkylation sites (tertiary alicyclic amines) is 1. The van der Waals surface area contributed by atoms with Crippen molar-refractivity contribution in [3.05, 3.63) is 57.0 Å². The van der Waals surface area contributed by atoms with Crippen LogP contribution in [0.15, 0.2) is 29.2 Å². The maximum Gasteiger partial charge on any atom is 0.253 e. The van der Waals surface area contributed by atoms with Crippen molar-refractivity contribution < 1.29 is 8.42 Å². The van der Waals surface area contributed by atoms with E-state index in [1.807, 2.05) is 27.1 Å². The Morgan fingerprint density at radius 3 is 2.55 bits per heavy atom. The van der Waals surface area contributed by atoms with E-state index in [1.54, 1.807) is 4.57 Å². The topological polar surface area (TPSA) is 75.2 Å². The van der Waals surface area contributed by atoms with Gasteiger partial charge in [-0.2, -0.15) is 0 Å². The van der Waals surface area contributed by atoms with Crippen molar-refractivity contribution in [2.75, 3.05) is 25.4 Å². The highest BCUT2D eigenvalue weighted by Gasteiger charge is 2.26. The van der Waals surface area contributed by atoms with Crippen LogP contribution in [0.25, 0.3) is 22.2 Å². The van der Waals surface area contributed by atoms with Crippen molar-refractivity contribution in [1.29, 1.82) is 0 Å². The van der Waals surface area contributed by atoms with Gasteiger partial charge in [0.2, 0.25) is 0 Å². The summed E-state index contributed by atoms with van der Waals surface area (Å²) >= 11 is 0. The highest BCUT2D eigenvalue weighted by atomic mass is 32.2. The predicted octanol–water partition coefficient (Wildman–Crippen LogP) is 3.75. The molecular weight excluding hydrogens is 434 g/mol. The summed E-state index contributed by atoms with van der Waals surface area (Å²) in [6.45, 7) is 11.3. The fourth-order valence-corrected chi connectivity index (χ4v) is 5.57. The normalized spacial score (nSPS) is 15.1. The van der Waals surface area contributed by atoms with Gasteiger partial charge in [0.15, 0.2) is 0 Å².